The summed E-state index contributed by atoms with van der Waals surface area (Å²) >= 11 is 0. The molecular weight excluding hydrogens is 226 g/mol. The first-order valence-electron chi connectivity index (χ1n) is 6.58. The summed E-state index contributed by atoms with van der Waals surface area (Å²) in [6, 6.07) is 5.57. The standard InChI is InChI=1S/C14H23N3O/c1-5-11(6-2)10(3)16-14(18)12-8-7-9-13(15-4)17-12/h7-11H,5-6H2,1-4H3,(H,15,17)(H,16,18). The molecule has 4 nitrogen and oxygen atoms in total. The predicted octanol–water partition coefficient (Wildman–Crippen LogP) is 2.68. The molecule has 4 heteroatoms. The summed E-state index contributed by atoms with van der Waals surface area (Å²) in [7, 11) is 1.79. The number of hydrogen-bond acceptors (Lipinski definition) is 3. The molecule has 18 heavy (non-hydrogen) atoms. The molecule has 1 heterocycles. The second kappa shape index (κ2) is 6.99. The topological polar surface area (TPSA) is 54.0 Å². The van der Waals surface area contributed by atoms with Gasteiger partial charge in [0.15, 0.2) is 0 Å². The zero-order valence-corrected chi connectivity index (χ0v) is 11.7. The van der Waals surface area contributed by atoms with E-state index in [1.54, 1.807) is 13.1 Å². The van der Waals surface area contributed by atoms with E-state index in [0.717, 1.165) is 12.8 Å². The molecule has 1 rings (SSSR count). The number of rotatable bonds is 6. The van der Waals surface area contributed by atoms with Crippen molar-refractivity contribution in [1.29, 1.82) is 0 Å². The lowest BCUT2D eigenvalue weighted by molar-refractivity contribution is 0.0920. The fourth-order valence-electron chi connectivity index (χ4n) is 2.09. The highest BCUT2D eigenvalue weighted by Crippen LogP contribution is 2.13. The van der Waals surface area contributed by atoms with Gasteiger partial charge < -0.3 is 10.6 Å². The third-order valence-electron chi connectivity index (χ3n) is 3.35. The predicted molar refractivity (Wildman–Crippen MR) is 74.8 cm³/mol. The number of pyridine rings is 1. The third-order valence-corrected chi connectivity index (χ3v) is 3.35. The van der Waals surface area contributed by atoms with Crippen LogP contribution in [-0.4, -0.2) is 24.0 Å². The van der Waals surface area contributed by atoms with E-state index < -0.39 is 0 Å². The Labute approximate surface area is 109 Å². The summed E-state index contributed by atoms with van der Waals surface area (Å²) in [5.41, 5.74) is 0.458. The van der Waals surface area contributed by atoms with Crippen LogP contribution in [0.5, 0.6) is 0 Å². The van der Waals surface area contributed by atoms with Gasteiger partial charge in [-0.25, -0.2) is 4.98 Å². The minimum atomic E-state index is -0.105. The van der Waals surface area contributed by atoms with Crippen molar-refractivity contribution in [2.45, 2.75) is 39.7 Å². The lowest BCUT2D eigenvalue weighted by atomic mass is 9.95. The van der Waals surface area contributed by atoms with Crippen LogP contribution >= 0.6 is 0 Å². The largest absolute Gasteiger partial charge is 0.373 e. The number of carbonyl (C=O) groups is 1. The molecule has 1 aromatic heterocycles. The van der Waals surface area contributed by atoms with Crippen LogP contribution < -0.4 is 10.6 Å². The van der Waals surface area contributed by atoms with Crippen molar-refractivity contribution in [2.75, 3.05) is 12.4 Å². The molecule has 0 aliphatic rings. The highest BCUT2D eigenvalue weighted by molar-refractivity contribution is 5.92. The van der Waals surface area contributed by atoms with Crippen LogP contribution in [0.15, 0.2) is 18.2 Å². The number of carbonyl (C=O) groups excluding carboxylic acids is 1. The summed E-state index contributed by atoms with van der Waals surface area (Å²) in [6.07, 6.45) is 2.14. The molecule has 0 aliphatic heterocycles. The van der Waals surface area contributed by atoms with Crippen LogP contribution in [0.25, 0.3) is 0 Å². The number of amides is 1. The van der Waals surface area contributed by atoms with E-state index in [1.165, 1.54) is 0 Å². The van der Waals surface area contributed by atoms with E-state index in [2.05, 4.69) is 36.4 Å². The van der Waals surface area contributed by atoms with E-state index in [9.17, 15) is 4.79 Å². The smallest absolute Gasteiger partial charge is 0.270 e. The minimum Gasteiger partial charge on any atom is -0.373 e. The molecule has 0 aliphatic carbocycles. The molecule has 100 valence electrons. The van der Waals surface area contributed by atoms with Crippen LogP contribution in [0.4, 0.5) is 5.82 Å². The van der Waals surface area contributed by atoms with Gasteiger partial charge in [0.2, 0.25) is 0 Å². The molecule has 0 saturated heterocycles. The van der Waals surface area contributed by atoms with Crippen molar-refractivity contribution in [2.24, 2.45) is 5.92 Å². The first-order valence-corrected chi connectivity index (χ1v) is 6.58. The van der Waals surface area contributed by atoms with Crippen molar-refractivity contribution in [3.63, 3.8) is 0 Å². The van der Waals surface area contributed by atoms with Gasteiger partial charge in [0.1, 0.15) is 11.5 Å². The van der Waals surface area contributed by atoms with Crippen LogP contribution in [0.1, 0.15) is 44.1 Å². The summed E-state index contributed by atoms with van der Waals surface area (Å²) in [4.78, 5) is 16.3. The molecule has 0 radical (unpaired) electrons. The van der Waals surface area contributed by atoms with Gasteiger partial charge in [-0.05, 0) is 25.0 Å². The van der Waals surface area contributed by atoms with Crippen molar-refractivity contribution >= 4 is 11.7 Å². The SMILES string of the molecule is CCC(CC)C(C)NC(=O)c1cccc(NC)n1. The molecule has 1 atom stereocenters. The van der Waals surface area contributed by atoms with Crippen molar-refractivity contribution in [3.05, 3.63) is 23.9 Å². The maximum atomic E-state index is 12.1. The van der Waals surface area contributed by atoms with Crippen molar-refractivity contribution in [3.8, 4) is 0 Å². The van der Waals surface area contributed by atoms with Gasteiger partial charge in [-0.2, -0.15) is 0 Å². The van der Waals surface area contributed by atoms with E-state index >= 15 is 0 Å². The van der Waals surface area contributed by atoms with E-state index in [1.807, 2.05) is 12.1 Å². The Morgan fingerprint density at radius 2 is 2.00 bits per heavy atom. The molecular formula is C14H23N3O. The molecule has 0 spiro atoms. The van der Waals surface area contributed by atoms with Crippen LogP contribution in [0, 0.1) is 5.92 Å². The molecule has 0 saturated carbocycles. The van der Waals surface area contributed by atoms with Gasteiger partial charge >= 0.3 is 0 Å². The second-order valence-corrected chi connectivity index (χ2v) is 4.50. The van der Waals surface area contributed by atoms with Crippen LogP contribution in [-0.2, 0) is 0 Å². The molecule has 0 fully saturated rings. The monoisotopic (exact) mass is 249 g/mol. The summed E-state index contributed by atoms with van der Waals surface area (Å²) in [6.45, 7) is 6.35. The Morgan fingerprint density at radius 3 is 2.56 bits per heavy atom. The number of aromatic nitrogens is 1. The van der Waals surface area contributed by atoms with Gasteiger partial charge in [0.25, 0.3) is 5.91 Å². The van der Waals surface area contributed by atoms with Gasteiger partial charge in [-0.3, -0.25) is 4.79 Å². The number of anilines is 1. The first kappa shape index (κ1) is 14.5. The lowest BCUT2D eigenvalue weighted by Gasteiger charge is -2.22. The average molecular weight is 249 g/mol. The molecule has 1 aromatic rings. The van der Waals surface area contributed by atoms with Crippen LogP contribution in [0.3, 0.4) is 0 Å². The minimum absolute atomic E-state index is 0.105. The van der Waals surface area contributed by atoms with Gasteiger partial charge in [-0.1, -0.05) is 32.8 Å². The molecule has 0 aromatic carbocycles. The Morgan fingerprint density at radius 1 is 1.33 bits per heavy atom. The van der Waals surface area contributed by atoms with Crippen molar-refractivity contribution < 1.29 is 4.79 Å². The lowest BCUT2D eigenvalue weighted by Crippen LogP contribution is -2.38. The van der Waals surface area contributed by atoms with Crippen molar-refractivity contribution in [1.82, 2.24) is 10.3 Å². The molecule has 1 amide bonds. The zero-order chi connectivity index (χ0) is 13.5. The average Bonchev–Trinajstić information content (AvgIpc) is 2.40. The Balaban J connectivity index is 2.69. The Kier molecular flexibility index (Phi) is 5.62. The fraction of sp³-hybridized carbons (Fsp3) is 0.571. The maximum Gasteiger partial charge on any atom is 0.270 e. The summed E-state index contributed by atoms with van der Waals surface area (Å²) in [5.74, 6) is 1.12. The fourth-order valence-corrected chi connectivity index (χ4v) is 2.09. The zero-order valence-electron chi connectivity index (χ0n) is 11.7. The summed E-state index contributed by atoms with van der Waals surface area (Å²) in [5, 5.41) is 5.95. The Hall–Kier alpha value is -1.58. The van der Waals surface area contributed by atoms with Crippen LogP contribution in [0.2, 0.25) is 0 Å². The normalized spacial score (nSPS) is 12.3. The maximum absolute atomic E-state index is 12.1. The number of hydrogen-bond donors (Lipinski definition) is 2. The van der Waals surface area contributed by atoms with E-state index in [0.29, 0.717) is 17.4 Å². The van der Waals surface area contributed by atoms with Gasteiger partial charge in [0.05, 0.1) is 0 Å². The van der Waals surface area contributed by atoms with E-state index in [4.69, 9.17) is 0 Å². The summed E-state index contributed by atoms with van der Waals surface area (Å²) < 4.78 is 0. The molecule has 1 unspecified atom stereocenters. The number of nitrogens with one attached hydrogen (secondary N) is 2. The van der Waals surface area contributed by atoms with Gasteiger partial charge in [0, 0.05) is 13.1 Å². The highest BCUT2D eigenvalue weighted by Gasteiger charge is 2.17. The second-order valence-electron chi connectivity index (χ2n) is 4.50. The van der Waals surface area contributed by atoms with E-state index in [-0.39, 0.29) is 11.9 Å². The highest BCUT2D eigenvalue weighted by atomic mass is 16.1. The Bertz CT molecular complexity index is 388. The quantitative estimate of drug-likeness (QED) is 0.815. The molecule has 0 bridgehead atoms. The third kappa shape index (κ3) is 3.72. The molecule has 2 N–H and O–H groups in total. The number of nitrogens with zero attached hydrogens (tertiary/aromatic N) is 1. The van der Waals surface area contributed by atoms with Gasteiger partial charge in [-0.15, -0.1) is 0 Å². The first-order chi connectivity index (χ1) is 8.62.